The molecule has 0 bridgehead atoms. The summed E-state index contributed by atoms with van der Waals surface area (Å²) in [6.07, 6.45) is 0.668. The highest BCUT2D eigenvalue weighted by Crippen LogP contribution is 2.26. The first-order valence-electron chi connectivity index (χ1n) is 10.0. The maximum atomic E-state index is 11.1. The summed E-state index contributed by atoms with van der Waals surface area (Å²) >= 11 is 0. The maximum Gasteiger partial charge on any atom is 0.304 e. The molecule has 3 aromatic rings. The molecule has 31 heavy (non-hydrogen) atoms. The molecule has 1 heterocycles. The number of carboxylic acid groups (broad SMARTS) is 1. The monoisotopic (exact) mass is 419 g/mol. The highest BCUT2D eigenvalue weighted by atomic mass is 16.5. The third-order valence-corrected chi connectivity index (χ3v) is 4.79. The Morgan fingerprint density at radius 3 is 2.39 bits per heavy atom. The molecule has 1 N–H and O–H groups in total. The second kappa shape index (κ2) is 10.4. The summed E-state index contributed by atoms with van der Waals surface area (Å²) < 4.78 is 17.0. The first-order chi connectivity index (χ1) is 15.0. The zero-order valence-electron chi connectivity index (χ0n) is 17.8. The van der Waals surface area contributed by atoms with Gasteiger partial charge in [0, 0.05) is 12.0 Å². The van der Waals surface area contributed by atoms with Crippen molar-refractivity contribution in [3.05, 3.63) is 65.5 Å². The average Bonchev–Trinajstić information content (AvgIpc) is 3.21. The number of hydrogen-bond acceptors (Lipinski definition) is 5. The summed E-state index contributed by atoms with van der Waals surface area (Å²) in [5.74, 6) is 7.29. The number of aryl methyl sites for hydroxylation is 1. The molecule has 1 aromatic heterocycles. The first-order valence-corrected chi connectivity index (χ1v) is 10.0. The Hall–Kier alpha value is -3.72. The third-order valence-electron chi connectivity index (χ3n) is 4.79. The van der Waals surface area contributed by atoms with Crippen LogP contribution in [0.2, 0.25) is 0 Å². The molecule has 6 nitrogen and oxygen atoms in total. The predicted octanol–water partition coefficient (Wildman–Crippen LogP) is 5.07. The van der Waals surface area contributed by atoms with Crippen molar-refractivity contribution in [1.82, 2.24) is 4.98 Å². The van der Waals surface area contributed by atoms with Gasteiger partial charge in [0.05, 0.1) is 19.4 Å². The molecule has 0 fully saturated rings. The molecule has 6 heteroatoms. The van der Waals surface area contributed by atoms with Crippen LogP contribution in [-0.2, 0) is 17.8 Å². The summed E-state index contributed by atoms with van der Waals surface area (Å²) in [7, 11) is 1.63. The Balaban J connectivity index is 1.70. The number of carboxylic acids is 1. The van der Waals surface area contributed by atoms with E-state index in [-0.39, 0.29) is 18.9 Å². The standard InChI is InChI=1S/C25H25NO5/c1-4-6-19(15-24(27)28)17-7-13-21(14-8-17)30-16-22-23(5-2)31-25(26-22)18-9-11-20(29-3)12-10-18/h7-14,19H,5,15-16H2,1-3H3,(H,27,28). The van der Waals surface area contributed by atoms with Crippen molar-refractivity contribution >= 4 is 5.97 Å². The number of hydrogen-bond donors (Lipinski definition) is 1. The van der Waals surface area contributed by atoms with Gasteiger partial charge >= 0.3 is 5.97 Å². The average molecular weight is 419 g/mol. The molecule has 3 rings (SSSR count). The number of aromatic nitrogens is 1. The van der Waals surface area contributed by atoms with E-state index in [1.165, 1.54) is 0 Å². The minimum Gasteiger partial charge on any atom is -0.497 e. The Labute approximate surface area is 181 Å². The van der Waals surface area contributed by atoms with Crippen LogP contribution in [0.5, 0.6) is 11.5 Å². The number of methoxy groups -OCH3 is 1. The number of oxazole rings is 1. The van der Waals surface area contributed by atoms with Crippen LogP contribution < -0.4 is 9.47 Å². The van der Waals surface area contributed by atoms with Crippen molar-refractivity contribution in [2.75, 3.05) is 7.11 Å². The van der Waals surface area contributed by atoms with Crippen molar-refractivity contribution in [2.24, 2.45) is 0 Å². The van der Waals surface area contributed by atoms with Gasteiger partial charge < -0.3 is 19.0 Å². The SMILES string of the molecule is CC#CC(CC(=O)O)c1ccc(OCc2nc(-c3ccc(OC)cc3)oc2CC)cc1. The Morgan fingerprint density at radius 2 is 1.81 bits per heavy atom. The van der Waals surface area contributed by atoms with Crippen LogP contribution in [0.15, 0.2) is 52.9 Å². The number of carbonyl (C=O) groups is 1. The fourth-order valence-corrected chi connectivity index (χ4v) is 3.18. The van der Waals surface area contributed by atoms with Gasteiger partial charge in [0.2, 0.25) is 5.89 Å². The quantitative estimate of drug-likeness (QED) is 0.488. The normalized spacial score (nSPS) is 11.3. The number of ether oxygens (including phenoxy) is 2. The molecule has 160 valence electrons. The number of benzene rings is 2. The second-order valence-electron chi connectivity index (χ2n) is 6.87. The molecule has 0 aliphatic carbocycles. The summed E-state index contributed by atoms with van der Waals surface area (Å²) in [5, 5.41) is 9.08. The molecular weight excluding hydrogens is 394 g/mol. The fourth-order valence-electron chi connectivity index (χ4n) is 3.18. The third kappa shape index (κ3) is 5.67. The van der Waals surface area contributed by atoms with Gasteiger partial charge in [-0.25, -0.2) is 4.98 Å². The second-order valence-corrected chi connectivity index (χ2v) is 6.87. The highest BCUT2D eigenvalue weighted by molar-refractivity contribution is 5.69. The van der Waals surface area contributed by atoms with E-state index in [9.17, 15) is 4.79 Å². The van der Waals surface area contributed by atoms with Crippen LogP contribution in [0.3, 0.4) is 0 Å². The molecule has 1 atom stereocenters. The van der Waals surface area contributed by atoms with Crippen LogP contribution in [0.1, 0.15) is 43.2 Å². The zero-order valence-corrected chi connectivity index (χ0v) is 17.8. The molecule has 0 saturated heterocycles. The Bertz CT molecular complexity index is 1070. The van der Waals surface area contributed by atoms with E-state index in [1.54, 1.807) is 14.0 Å². The lowest BCUT2D eigenvalue weighted by Gasteiger charge is -2.10. The Morgan fingerprint density at radius 1 is 1.13 bits per heavy atom. The molecule has 0 spiro atoms. The topological polar surface area (TPSA) is 81.8 Å². The predicted molar refractivity (Wildman–Crippen MR) is 117 cm³/mol. The molecular formula is C25H25NO5. The van der Waals surface area contributed by atoms with Crippen molar-refractivity contribution < 1.29 is 23.8 Å². The van der Waals surface area contributed by atoms with Gasteiger partial charge in [0.25, 0.3) is 0 Å². The lowest BCUT2D eigenvalue weighted by atomic mass is 9.96. The molecule has 0 radical (unpaired) electrons. The maximum absolute atomic E-state index is 11.1. The van der Waals surface area contributed by atoms with Gasteiger partial charge in [-0.1, -0.05) is 25.0 Å². The molecule has 0 saturated carbocycles. The minimum absolute atomic E-state index is 0.0337. The zero-order chi connectivity index (χ0) is 22.2. The van der Waals surface area contributed by atoms with Gasteiger partial charge in [-0.15, -0.1) is 5.92 Å². The van der Waals surface area contributed by atoms with Crippen LogP contribution in [0.4, 0.5) is 0 Å². The van der Waals surface area contributed by atoms with Crippen LogP contribution in [0, 0.1) is 11.8 Å². The number of nitrogens with zero attached hydrogens (tertiary/aromatic N) is 1. The van der Waals surface area contributed by atoms with E-state index < -0.39 is 5.97 Å². The van der Waals surface area contributed by atoms with Crippen molar-refractivity contribution in [3.63, 3.8) is 0 Å². The highest BCUT2D eigenvalue weighted by Gasteiger charge is 2.15. The summed E-state index contributed by atoms with van der Waals surface area (Å²) in [4.78, 5) is 15.7. The van der Waals surface area contributed by atoms with Gasteiger partial charge in [-0.05, 0) is 48.9 Å². The molecule has 0 aliphatic rings. The van der Waals surface area contributed by atoms with Gasteiger partial charge in [0.15, 0.2) is 0 Å². The molecule has 2 aromatic carbocycles. The van der Waals surface area contributed by atoms with E-state index in [2.05, 4.69) is 16.8 Å². The molecule has 1 unspecified atom stereocenters. The van der Waals surface area contributed by atoms with Crippen molar-refractivity contribution in [3.8, 4) is 34.8 Å². The van der Waals surface area contributed by atoms with Crippen molar-refractivity contribution in [2.45, 2.75) is 39.2 Å². The molecule has 0 aliphatic heterocycles. The van der Waals surface area contributed by atoms with Gasteiger partial charge in [-0.3, -0.25) is 4.79 Å². The van der Waals surface area contributed by atoms with E-state index in [1.807, 2.05) is 55.5 Å². The number of aliphatic carboxylic acids is 1. The van der Waals surface area contributed by atoms with Crippen LogP contribution in [0.25, 0.3) is 11.5 Å². The number of rotatable bonds is 9. The van der Waals surface area contributed by atoms with Gasteiger partial charge in [-0.2, -0.15) is 0 Å². The summed E-state index contributed by atoms with van der Waals surface area (Å²) in [6, 6.07) is 14.9. The van der Waals surface area contributed by atoms with E-state index >= 15 is 0 Å². The summed E-state index contributed by atoms with van der Waals surface area (Å²) in [5.41, 5.74) is 2.46. The lowest BCUT2D eigenvalue weighted by molar-refractivity contribution is -0.137. The largest absolute Gasteiger partial charge is 0.497 e. The smallest absolute Gasteiger partial charge is 0.304 e. The fraction of sp³-hybridized carbons (Fsp3) is 0.280. The van der Waals surface area contributed by atoms with E-state index in [0.29, 0.717) is 18.1 Å². The Kier molecular flexibility index (Phi) is 7.34. The first kappa shape index (κ1) is 22.0. The van der Waals surface area contributed by atoms with Crippen LogP contribution in [-0.4, -0.2) is 23.2 Å². The van der Waals surface area contributed by atoms with Crippen LogP contribution >= 0.6 is 0 Å². The minimum atomic E-state index is -0.876. The van der Waals surface area contributed by atoms with E-state index in [0.717, 1.165) is 28.3 Å². The van der Waals surface area contributed by atoms with E-state index in [4.69, 9.17) is 19.0 Å². The van der Waals surface area contributed by atoms with Crippen molar-refractivity contribution in [1.29, 1.82) is 0 Å². The van der Waals surface area contributed by atoms with Gasteiger partial charge in [0.1, 0.15) is 29.6 Å². The molecule has 0 amide bonds. The lowest BCUT2D eigenvalue weighted by Crippen LogP contribution is -2.05. The summed E-state index contributed by atoms with van der Waals surface area (Å²) in [6.45, 7) is 3.99.